The highest BCUT2D eigenvalue weighted by atomic mass is 16.3. The molecule has 0 aliphatic carbocycles. The molecule has 0 saturated carbocycles. The van der Waals surface area contributed by atoms with E-state index < -0.39 is 0 Å². The Labute approximate surface area is 383 Å². The Balaban J connectivity index is 4.88. The van der Waals surface area contributed by atoms with Gasteiger partial charge in [0.1, 0.15) is 6.23 Å². The van der Waals surface area contributed by atoms with Gasteiger partial charge >= 0.3 is 0 Å². The van der Waals surface area contributed by atoms with Crippen molar-refractivity contribution in [2.24, 2.45) is 0 Å². The summed E-state index contributed by atoms with van der Waals surface area (Å²) in [5.41, 5.74) is 0. The van der Waals surface area contributed by atoms with Crippen molar-refractivity contribution in [2.75, 3.05) is 45.9 Å². The Kier molecular flexibility index (Phi) is 48.2. The number of aliphatic hydroxyl groups is 2. The predicted molar refractivity (Wildman–Crippen MR) is 270 cm³/mol. The van der Waals surface area contributed by atoms with Crippen molar-refractivity contribution in [2.45, 2.75) is 304 Å². The van der Waals surface area contributed by atoms with Gasteiger partial charge in [0, 0.05) is 51.8 Å². The van der Waals surface area contributed by atoms with E-state index in [9.17, 15) is 15.0 Å². The average molecular weight is 865 g/mol. The smallest absolute Gasteiger partial charge is 0.222 e. The van der Waals surface area contributed by atoms with Crippen LogP contribution < -0.4 is 0 Å². The van der Waals surface area contributed by atoms with Crippen LogP contribution in [0.5, 0.6) is 0 Å². The second kappa shape index (κ2) is 48.8. The average Bonchev–Trinajstić information content (AvgIpc) is 3.26. The van der Waals surface area contributed by atoms with Crippen molar-refractivity contribution in [3.05, 3.63) is 0 Å². The second-order valence-electron chi connectivity index (χ2n) is 19.4. The molecule has 0 aliphatic rings. The largest absolute Gasteiger partial charge is 0.396 e. The minimum atomic E-state index is -0.264. The molecule has 0 spiro atoms. The van der Waals surface area contributed by atoms with Crippen molar-refractivity contribution in [3.63, 3.8) is 0 Å². The quantitative estimate of drug-likeness (QED) is 0.0471. The molecule has 0 saturated heterocycles. The molecule has 0 radical (unpaired) electrons. The van der Waals surface area contributed by atoms with E-state index in [1.807, 2.05) is 0 Å². The molecule has 0 aromatic carbocycles. The van der Waals surface area contributed by atoms with Crippen LogP contribution in [0.25, 0.3) is 0 Å². The van der Waals surface area contributed by atoms with Crippen LogP contribution in [0.4, 0.5) is 0 Å². The maximum Gasteiger partial charge on any atom is 0.222 e. The van der Waals surface area contributed by atoms with Gasteiger partial charge < -0.3 is 20.0 Å². The summed E-state index contributed by atoms with van der Waals surface area (Å²) in [5, 5.41) is 20.9. The summed E-state index contributed by atoms with van der Waals surface area (Å²) in [6.07, 6.45) is 49.4. The molecule has 61 heavy (non-hydrogen) atoms. The third kappa shape index (κ3) is 39.4. The first-order valence-corrected chi connectivity index (χ1v) is 28.0. The molecule has 0 heterocycles. The fourth-order valence-corrected chi connectivity index (χ4v) is 9.36. The topological polar surface area (TPSA) is 67.2 Å². The maximum atomic E-state index is 13.2. The molecule has 0 bridgehead atoms. The van der Waals surface area contributed by atoms with Gasteiger partial charge in [-0.3, -0.25) is 9.69 Å². The molecule has 2 unspecified atom stereocenters. The van der Waals surface area contributed by atoms with E-state index >= 15 is 0 Å². The maximum absolute atomic E-state index is 13.2. The fourth-order valence-electron chi connectivity index (χ4n) is 9.36. The summed E-state index contributed by atoms with van der Waals surface area (Å²) in [4.78, 5) is 20.6. The fraction of sp³-hybridized carbons (Fsp3) is 0.982. The van der Waals surface area contributed by atoms with Crippen molar-refractivity contribution in [1.29, 1.82) is 0 Å². The first kappa shape index (κ1) is 60.3. The summed E-state index contributed by atoms with van der Waals surface area (Å²) < 4.78 is 0. The van der Waals surface area contributed by atoms with Crippen LogP contribution in [-0.4, -0.2) is 89.0 Å². The third-order valence-electron chi connectivity index (χ3n) is 13.5. The number of nitrogens with zero attached hydrogens (tertiary/aromatic N) is 3. The Morgan fingerprint density at radius 3 is 1.10 bits per heavy atom. The van der Waals surface area contributed by atoms with Crippen LogP contribution >= 0.6 is 0 Å². The van der Waals surface area contributed by atoms with E-state index in [1.54, 1.807) is 0 Å². The zero-order valence-corrected chi connectivity index (χ0v) is 42.5. The van der Waals surface area contributed by atoms with E-state index in [-0.39, 0.29) is 6.23 Å². The summed E-state index contributed by atoms with van der Waals surface area (Å²) in [6, 6.07) is 0.640. The number of carbonyl (C=O) groups excluding carboxylic acids is 1. The molecule has 2 N–H and O–H groups in total. The van der Waals surface area contributed by atoms with Crippen LogP contribution in [0, 0.1) is 0 Å². The lowest BCUT2D eigenvalue weighted by Gasteiger charge is -2.32. The zero-order chi connectivity index (χ0) is 44.7. The summed E-state index contributed by atoms with van der Waals surface area (Å²) >= 11 is 0. The Bertz CT molecular complexity index is 834. The highest BCUT2D eigenvalue weighted by Gasteiger charge is 2.19. The van der Waals surface area contributed by atoms with Gasteiger partial charge in [0.05, 0.1) is 0 Å². The van der Waals surface area contributed by atoms with Crippen LogP contribution in [-0.2, 0) is 4.79 Å². The molecule has 366 valence electrons. The number of aliphatic hydroxyl groups excluding tert-OH is 2. The highest BCUT2D eigenvalue weighted by Crippen LogP contribution is 2.22. The predicted octanol–water partition coefficient (Wildman–Crippen LogP) is 15.8. The van der Waals surface area contributed by atoms with Crippen molar-refractivity contribution < 1.29 is 15.0 Å². The van der Waals surface area contributed by atoms with E-state index in [0.29, 0.717) is 18.6 Å². The van der Waals surface area contributed by atoms with Gasteiger partial charge in [-0.25, -0.2) is 0 Å². The molecule has 6 heteroatoms. The van der Waals surface area contributed by atoms with Crippen molar-refractivity contribution in [1.82, 2.24) is 14.7 Å². The molecule has 2 atom stereocenters. The summed E-state index contributed by atoms with van der Waals surface area (Å²) in [5.74, 6) is 0.405. The molecule has 6 nitrogen and oxygen atoms in total. The Morgan fingerprint density at radius 1 is 0.361 bits per heavy atom. The van der Waals surface area contributed by atoms with Gasteiger partial charge in [-0.2, -0.15) is 0 Å². The van der Waals surface area contributed by atoms with Crippen molar-refractivity contribution >= 4 is 5.91 Å². The summed E-state index contributed by atoms with van der Waals surface area (Å²) in [6.45, 7) is 17.9. The second-order valence-corrected chi connectivity index (χ2v) is 19.4. The first-order chi connectivity index (χ1) is 30.0. The molecule has 0 rings (SSSR count). The van der Waals surface area contributed by atoms with E-state index in [1.165, 1.54) is 218 Å². The SMILES string of the molecule is CCCCCCCCCN(CCCO)C(CCCCCCCCC(=O)N(CCCCCC)CCCCCC)CCCCCCCCC(O)N(CCCCCC)CCCCCC. The lowest BCUT2D eigenvalue weighted by atomic mass is 9.97. The third-order valence-corrected chi connectivity index (χ3v) is 13.5. The van der Waals surface area contributed by atoms with Crippen molar-refractivity contribution in [3.8, 4) is 0 Å². The van der Waals surface area contributed by atoms with E-state index in [4.69, 9.17) is 0 Å². The Morgan fingerprint density at radius 2 is 0.672 bits per heavy atom. The molecule has 0 aromatic heterocycles. The standard InChI is InChI=1S/C55H113N3O3/c1-6-11-16-21-26-31-40-46-56(51-41-52-59)53(42-32-27-22-24-29-34-44-54(60)57(47-36-17-12-7-2)48-37-18-13-8-3)43-33-28-23-25-30-35-45-55(61)58(49-38-19-14-9-4)50-39-20-15-10-5/h53-54,59-60H,6-52H2,1-5H3. The molecule has 1 amide bonds. The van der Waals surface area contributed by atoms with Crippen LogP contribution in [0.2, 0.25) is 0 Å². The lowest BCUT2D eigenvalue weighted by molar-refractivity contribution is -0.131. The molecule has 0 fully saturated rings. The van der Waals surface area contributed by atoms with Gasteiger partial charge in [-0.05, 0) is 77.2 Å². The van der Waals surface area contributed by atoms with Gasteiger partial charge in [0.2, 0.25) is 5.91 Å². The number of hydrogen-bond donors (Lipinski definition) is 2. The summed E-state index contributed by atoms with van der Waals surface area (Å²) in [7, 11) is 0. The first-order valence-electron chi connectivity index (χ1n) is 28.0. The normalized spacial score (nSPS) is 12.9. The molecular formula is C55H113N3O3. The minimum absolute atomic E-state index is 0.264. The zero-order valence-electron chi connectivity index (χ0n) is 42.5. The highest BCUT2D eigenvalue weighted by molar-refractivity contribution is 5.76. The molecule has 0 aliphatic heterocycles. The number of unbranched alkanes of at least 4 members (excludes halogenated alkanes) is 28. The van der Waals surface area contributed by atoms with Crippen LogP contribution in [0.3, 0.4) is 0 Å². The molecule has 0 aromatic rings. The van der Waals surface area contributed by atoms with Gasteiger partial charge in [-0.1, -0.05) is 214 Å². The monoisotopic (exact) mass is 864 g/mol. The van der Waals surface area contributed by atoms with Gasteiger partial charge in [0.15, 0.2) is 0 Å². The Hall–Kier alpha value is -0.690. The minimum Gasteiger partial charge on any atom is -0.396 e. The number of hydrogen-bond acceptors (Lipinski definition) is 5. The number of amides is 1. The molecular weight excluding hydrogens is 751 g/mol. The van der Waals surface area contributed by atoms with Gasteiger partial charge in [-0.15, -0.1) is 0 Å². The number of carbonyl (C=O) groups is 1. The van der Waals surface area contributed by atoms with E-state index in [0.717, 1.165) is 77.7 Å². The van der Waals surface area contributed by atoms with Gasteiger partial charge in [0.25, 0.3) is 0 Å². The van der Waals surface area contributed by atoms with Crippen LogP contribution in [0.1, 0.15) is 291 Å². The lowest BCUT2D eigenvalue weighted by Crippen LogP contribution is -2.37. The van der Waals surface area contributed by atoms with E-state index in [2.05, 4.69) is 49.3 Å². The van der Waals surface area contributed by atoms with Crippen LogP contribution in [0.15, 0.2) is 0 Å². The number of rotatable bonds is 51.